The largest absolute Gasteiger partial charge is 0.495 e. The molecule has 29 heavy (non-hydrogen) atoms. The molecule has 0 radical (unpaired) electrons. The molecule has 0 aromatic heterocycles. The Labute approximate surface area is 173 Å². The molecule has 6 heteroatoms. The molecule has 4 rings (SSSR count). The Morgan fingerprint density at radius 3 is 1.97 bits per heavy atom. The molecule has 2 fully saturated rings. The average molecular weight is 398 g/mol. The summed E-state index contributed by atoms with van der Waals surface area (Å²) < 4.78 is 5.52. The lowest BCUT2D eigenvalue weighted by Crippen LogP contribution is -2.53. The zero-order valence-electron chi connectivity index (χ0n) is 17.7. The number of hydrogen-bond acceptors (Lipinski definition) is 5. The number of hydrogen-bond donors (Lipinski definition) is 0. The summed E-state index contributed by atoms with van der Waals surface area (Å²) in [5.41, 5.74) is 2.40. The maximum Gasteiger partial charge on any atom is 0.257 e. The average Bonchev–Trinajstić information content (AvgIpc) is 2.96. The lowest BCUT2D eigenvalue weighted by atomic mass is 9.88. The van der Waals surface area contributed by atoms with E-state index in [1.54, 1.807) is 21.0 Å². The van der Waals surface area contributed by atoms with Crippen LogP contribution >= 0.6 is 0 Å². The zero-order chi connectivity index (χ0) is 20.5. The maximum atomic E-state index is 12.5. The highest BCUT2D eigenvalue weighted by molar-refractivity contribution is 6.18. The van der Waals surface area contributed by atoms with Crippen LogP contribution in [0.5, 0.6) is 5.75 Å². The van der Waals surface area contributed by atoms with Gasteiger partial charge >= 0.3 is 0 Å². The third-order valence-electron chi connectivity index (χ3n) is 6.93. The van der Waals surface area contributed by atoms with Crippen molar-refractivity contribution in [1.29, 1.82) is 0 Å². The molecule has 1 aromatic carbocycles. The second-order valence-electron chi connectivity index (χ2n) is 8.39. The summed E-state index contributed by atoms with van der Waals surface area (Å²) in [6.07, 6.45) is 3.92. The SMILES string of the molecule is COc1ccccc1N1CCN(C2CCC(N3C(=O)C(C)=C(C)C3=O)CC2)CC1. The number of amides is 2. The van der Waals surface area contributed by atoms with Crippen molar-refractivity contribution in [3.05, 3.63) is 35.4 Å². The van der Waals surface area contributed by atoms with E-state index in [4.69, 9.17) is 4.74 Å². The van der Waals surface area contributed by atoms with Crippen LogP contribution in [0.4, 0.5) is 5.69 Å². The van der Waals surface area contributed by atoms with Crippen molar-refractivity contribution in [3.8, 4) is 5.75 Å². The van der Waals surface area contributed by atoms with E-state index >= 15 is 0 Å². The summed E-state index contributed by atoms with van der Waals surface area (Å²) >= 11 is 0. The van der Waals surface area contributed by atoms with Gasteiger partial charge in [-0.05, 0) is 51.7 Å². The highest BCUT2D eigenvalue weighted by Crippen LogP contribution is 2.33. The molecule has 2 heterocycles. The number of methoxy groups -OCH3 is 1. The van der Waals surface area contributed by atoms with Gasteiger partial charge in [-0.1, -0.05) is 12.1 Å². The number of ether oxygens (including phenoxy) is 1. The number of imide groups is 1. The Balaban J connectivity index is 1.31. The van der Waals surface area contributed by atoms with E-state index in [2.05, 4.69) is 21.9 Å². The third kappa shape index (κ3) is 3.66. The lowest BCUT2D eigenvalue weighted by molar-refractivity contribution is -0.141. The predicted octanol–water partition coefficient (Wildman–Crippen LogP) is 2.83. The minimum atomic E-state index is -0.0821. The Morgan fingerprint density at radius 2 is 1.38 bits per heavy atom. The van der Waals surface area contributed by atoms with Crippen LogP contribution in [0.2, 0.25) is 0 Å². The van der Waals surface area contributed by atoms with Gasteiger partial charge in [0.15, 0.2) is 0 Å². The smallest absolute Gasteiger partial charge is 0.257 e. The van der Waals surface area contributed by atoms with Crippen LogP contribution in [0.1, 0.15) is 39.5 Å². The normalized spacial score (nSPS) is 26.4. The van der Waals surface area contributed by atoms with Crippen LogP contribution in [0.3, 0.4) is 0 Å². The highest BCUT2D eigenvalue weighted by Gasteiger charge is 2.40. The van der Waals surface area contributed by atoms with Gasteiger partial charge in [-0.25, -0.2) is 0 Å². The van der Waals surface area contributed by atoms with Crippen LogP contribution in [0.15, 0.2) is 35.4 Å². The summed E-state index contributed by atoms with van der Waals surface area (Å²) in [6, 6.07) is 8.82. The number of rotatable bonds is 4. The van der Waals surface area contributed by atoms with Crippen molar-refractivity contribution in [2.45, 2.75) is 51.6 Å². The molecule has 0 N–H and O–H groups in total. The molecule has 3 aliphatic rings. The van der Waals surface area contributed by atoms with Gasteiger partial charge in [-0.2, -0.15) is 0 Å². The molecule has 2 aliphatic heterocycles. The van der Waals surface area contributed by atoms with Crippen LogP contribution in [-0.2, 0) is 9.59 Å². The van der Waals surface area contributed by atoms with Gasteiger partial charge in [0, 0.05) is 49.4 Å². The van der Waals surface area contributed by atoms with Gasteiger partial charge in [0.05, 0.1) is 12.8 Å². The quantitative estimate of drug-likeness (QED) is 0.732. The van der Waals surface area contributed by atoms with Crippen molar-refractivity contribution in [1.82, 2.24) is 9.80 Å². The van der Waals surface area contributed by atoms with E-state index < -0.39 is 0 Å². The highest BCUT2D eigenvalue weighted by atomic mass is 16.5. The first kappa shape index (κ1) is 20.0. The predicted molar refractivity (Wildman–Crippen MR) is 113 cm³/mol. The van der Waals surface area contributed by atoms with E-state index in [0.717, 1.165) is 57.6 Å². The Hall–Kier alpha value is -2.34. The van der Waals surface area contributed by atoms with Gasteiger partial charge in [0.1, 0.15) is 5.75 Å². The van der Waals surface area contributed by atoms with Crippen LogP contribution in [0, 0.1) is 0 Å². The summed E-state index contributed by atoms with van der Waals surface area (Å²) in [4.78, 5) is 31.4. The molecule has 1 saturated heterocycles. The molecule has 0 bridgehead atoms. The van der Waals surface area contributed by atoms with Crippen LogP contribution < -0.4 is 9.64 Å². The van der Waals surface area contributed by atoms with Crippen LogP contribution in [0.25, 0.3) is 0 Å². The van der Waals surface area contributed by atoms with Crippen molar-refractivity contribution < 1.29 is 14.3 Å². The molecule has 1 saturated carbocycles. The molecular formula is C23H31N3O3. The van der Waals surface area contributed by atoms with E-state index in [1.165, 1.54) is 10.6 Å². The summed E-state index contributed by atoms with van der Waals surface area (Å²) in [7, 11) is 1.72. The first-order chi connectivity index (χ1) is 14.0. The lowest BCUT2D eigenvalue weighted by Gasteiger charge is -2.43. The van der Waals surface area contributed by atoms with Gasteiger partial charge < -0.3 is 9.64 Å². The van der Waals surface area contributed by atoms with Gasteiger partial charge in [0.2, 0.25) is 0 Å². The molecule has 1 aromatic rings. The topological polar surface area (TPSA) is 53.1 Å². The van der Waals surface area contributed by atoms with Gasteiger partial charge in [-0.3, -0.25) is 19.4 Å². The number of anilines is 1. The first-order valence-electron chi connectivity index (χ1n) is 10.7. The van der Waals surface area contributed by atoms with Crippen molar-refractivity contribution in [2.24, 2.45) is 0 Å². The van der Waals surface area contributed by atoms with E-state index in [-0.39, 0.29) is 17.9 Å². The fourth-order valence-electron chi connectivity index (χ4n) is 5.01. The second-order valence-corrected chi connectivity index (χ2v) is 8.39. The minimum absolute atomic E-state index is 0.0634. The van der Waals surface area contributed by atoms with E-state index in [1.807, 2.05) is 12.1 Å². The molecule has 1 aliphatic carbocycles. The Kier molecular flexibility index (Phi) is 5.63. The minimum Gasteiger partial charge on any atom is -0.495 e. The van der Waals surface area contributed by atoms with Crippen molar-refractivity contribution in [2.75, 3.05) is 38.2 Å². The number of carbonyl (C=O) groups excluding carboxylic acids is 2. The maximum absolute atomic E-state index is 12.5. The molecule has 6 nitrogen and oxygen atoms in total. The number of benzene rings is 1. The van der Waals surface area contributed by atoms with E-state index in [0.29, 0.717) is 17.2 Å². The molecule has 2 amide bonds. The fourth-order valence-corrected chi connectivity index (χ4v) is 5.01. The Bertz CT molecular complexity index is 794. The standard InChI is InChI=1S/C23H31N3O3/c1-16-17(2)23(28)26(22(16)27)19-10-8-18(9-11-19)24-12-14-25(15-13-24)20-6-4-5-7-21(20)29-3/h4-7,18-19H,8-15H2,1-3H3. The van der Waals surface area contributed by atoms with Crippen molar-refractivity contribution >= 4 is 17.5 Å². The molecule has 156 valence electrons. The first-order valence-corrected chi connectivity index (χ1v) is 10.7. The van der Waals surface area contributed by atoms with Crippen LogP contribution in [-0.4, -0.2) is 67.0 Å². The van der Waals surface area contributed by atoms with Gasteiger partial charge in [-0.15, -0.1) is 0 Å². The molecule has 0 atom stereocenters. The second kappa shape index (κ2) is 8.19. The number of carbonyl (C=O) groups is 2. The monoisotopic (exact) mass is 397 g/mol. The van der Waals surface area contributed by atoms with Gasteiger partial charge in [0.25, 0.3) is 11.8 Å². The summed E-state index contributed by atoms with van der Waals surface area (Å²) in [6.45, 7) is 7.59. The van der Waals surface area contributed by atoms with Crippen molar-refractivity contribution in [3.63, 3.8) is 0 Å². The number of nitrogens with zero attached hydrogens (tertiary/aromatic N) is 3. The summed E-state index contributed by atoms with van der Waals surface area (Å²) in [5.74, 6) is 0.767. The molecule has 0 unspecified atom stereocenters. The number of para-hydroxylation sites is 2. The number of piperazine rings is 1. The molecule has 0 spiro atoms. The summed E-state index contributed by atoms with van der Waals surface area (Å²) in [5, 5.41) is 0. The third-order valence-corrected chi connectivity index (χ3v) is 6.93. The Morgan fingerprint density at radius 1 is 0.828 bits per heavy atom. The fraction of sp³-hybridized carbons (Fsp3) is 0.565. The molecular weight excluding hydrogens is 366 g/mol. The van der Waals surface area contributed by atoms with E-state index in [9.17, 15) is 9.59 Å². The zero-order valence-corrected chi connectivity index (χ0v) is 17.7.